The summed E-state index contributed by atoms with van der Waals surface area (Å²) >= 11 is 6.28. The summed E-state index contributed by atoms with van der Waals surface area (Å²) in [4.78, 5) is 41.0. The Bertz CT molecular complexity index is 1600. The lowest BCUT2D eigenvalue weighted by atomic mass is 10.1. The van der Waals surface area contributed by atoms with E-state index in [2.05, 4.69) is 15.6 Å². The summed E-state index contributed by atoms with van der Waals surface area (Å²) in [5.74, 6) is -1.82. The first-order chi connectivity index (χ1) is 20.4. The molecule has 0 saturated heterocycles. The molecule has 0 aliphatic rings. The lowest BCUT2D eigenvalue weighted by Crippen LogP contribution is -2.34. The predicted molar refractivity (Wildman–Crippen MR) is 160 cm³/mol. The molecule has 0 atom stereocenters. The minimum absolute atomic E-state index is 0.0671. The monoisotopic (exact) mass is 630 g/mol. The predicted octanol–water partition coefficient (Wildman–Crippen LogP) is 1.97. The lowest BCUT2D eigenvalue weighted by Gasteiger charge is -2.23. The largest absolute Gasteiger partial charge is 0.483 e. The second kappa shape index (κ2) is 15.0. The number of amides is 2. The van der Waals surface area contributed by atoms with Gasteiger partial charge in [-0.2, -0.15) is 0 Å². The molecule has 3 rings (SSSR count). The van der Waals surface area contributed by atoms with Gasteiger partial charge in [0.25, 0.3) is 11.8 Å². The van der Waals surface area contributed by atoms with Gasteiger partial charge >= 0.3 is 5.97 Å². The number of amidine groups is 1. The van der Waals surface area contributed by atoms with E-state index < -0.39 is 34.4 Å². The van der Waals surface area contributed by atoms with Gasteiger partial charge in [-0.1, -0.05) is 29.8 Å². The van der Waals surface area contributed by atoms with Crippen LogP contribution >= 0.6 is 11.6 Å². The van der Waals surface area contributed by atoms with Gasteiger partial charge in [-0.05, 0) is 43.3 Å². The van der Waals surface area contributed by atoms with E-state index in [9.17, 15) is 22.8 Å². The zero-order chi connectivity index (χ0) is 31.6. The molecule has 0 bridgehead atoms. The van der Waals surface area contributed by atoms with Crippen LogP contribution in [0.2, 0.25) is 5.02 Å². The second-order valence-corrected chi connectivity index (χ2v) is 11.4. The van der Waals surface area contributed by atoms with E-state index in [-0.39, 0.29) is 54.1 Å². The molecule has 0 saturated carbocycles. The summed E-state index contributed by atoms with van der Waals surface area (Å²) in [5, 5.41) is 12.9. The molecule has 228 valence electrons. The van der Waals surface area contributed by atoms with Crippen molar-refractivity contribution in [3.63, 3.8) is 0 Å². The van der Waals surface area contributed by atoms with Crippen LogP contribution in [0.5, 0.6) is 5.75 Å². The average molecular weight is 631 g/mol. The fourth-order valence-electron chi connectivity index (χ4n) is 3.75. The number of esters is 1. The minimum atomic E-state index is -3.77. The van der Waals surface area contributed by atoms with Crippen LogP contribution in [0.3, 0.4) is 0 Å². The number of halogens is 1. The summed E-state index contributed by atoms with van der Waals surface area (Å²) in [6.45, 7) is 0.893. The molecule has 13 nitrogen and oxygen atoms in total. The molecule has 1 heterocycles. The maximum atomic E-state index is 13.2. The van der Waals surface area contributed by atoms with Gasteiger partial charge in [0.05, 0.1) is 30.8 Å². The first-order valence-corrected chi connectivity index (χ1v) is 15.1. The average Bonchev–Trinajstić information content (AvgIpc) is 2.96. The molecular weight excluding hydrogens is 600 g/mol. The molecule has 1 aromatic heterocycles. The molecule has 0 radical (unpaired) electrons. The number of hydrogen-bond acceptors (Lipinski definition) is 9. The summed E-state index contributed by atoms with van der Waals surface area (Å²) in [6.07, 6.45) is 2.59. The van der Waals surface area contributed by atoms with Crippen molar-refractivity contribution in [1.82, 2.24) is 15.6 Å². The quantitative estimate of drug-likeness (QED) is 0.117. The normalized spacial score (nSPS) is 10.9. The Balaban J connectivity index is 1.77. The van der Waals surface area contributed by atoms with E-state index in [0.717, 1.165) is 10.6 Å². The van der Waals surface area contributed by atoms with Crippen LogP contribution in [0.15, 0.2) is 60.8 Å². The fourth-order valence-corrected chi connectivity index (χ4v) is 4.83. The number of benzene rings is 2. The van der Waals surface area contributed by atoms with E-state index in [4.69, 9.17) is 32.2 Å². The van der Waals surface area contributed by atoms with Gasteiger partial charge in [-0.15, -0.1) is 0 Å². The summed E-state index contributed by atoms with van der Waals surface area (Å²) in [5.41, 5.74) is 7.13. The van der Waals surface area contributed by atoms with Crippen molar-refractivity contribution in [3.05, 3.63) is 88.2 Å². The molecule has 2 amide bonds. The Hall–Kier alpha value is -4.69. The molecule has 0 unspecified atom stereocenters. The molecule has 0 aliphatic heterocycles. The van der Waals surface area contributed by atoms with Crippen molar-refractivity contribution >= 4 is 50.9 Å². The Labute approximate surface area is 253 Å². The van der Waals surface area contributed by atoms with Crippen LogP contribution in [-0.4, -0.2) is 63.0 Å². The van der Waals surface area contributed by atoms with Gasteiger partial charge in [0, 0.05) is 34.5 Å². The second-order valence-electron chi connectivity index (χ2n) is 9.08. The highest BCUT2D eigenvalue weighted by Crippen LogP contribution is 2.26. The molecule has 3 aromatic rings. The van der Waals surface area contributed by atoms with Crippen LogP contribution in [0, 0.1) is 5.41 Å². The highest BCUT2D eigenvalue weighted by atomic mass is 35.5. The Morgan fingerprint density at radius 3 is 2.49 bits per heavy atom. The van der Waals surface area contributed by atoms with Crippen LogP contribution in [-0.2, 0) is 37.4 Å². The molecule has 0 aliphatic carbocycles. The highest BCUT2D eigenvalue weighted by molar-refractivity contribution is 7.92. The standard InChI is InChI=1S/C28H31ClN6O7S/c1-3-41-26(37)15-33-25(36)17-42-24-12-18(27(30)31)7-8-19(24)14-34-28(38)20-10-21(29)13-23(11-20)35(43(2,39)40)16-22-6-4-5-9-32-22/h4-13H,3,14-17H2,1-2H3,(H3,30,31)(H,33,36)(H,34,38). The van der Waals surface area contributed by atoms with Gasteiger partial charge in [-0.25, -0.2) is 8.42 Å². The number of nitrogens with two attached hydrogens (primary N) is 1. The van der Waals surface area contributed by atoms with Crippen LogP contribution in [0.4, 0.5) is 5.69 Å². The summed E-state index contributed by atoms with van der Waals surface area (Å²) in [6, 6.07) is 13.9. The molecule has 43 heavy (non-hydrogen) atoms. The fraction of sp³-hybridized carbons (Fsp3) is 0.250. The van der Waals surface area contributed by atoms with Gasteiger partial charge in [0.1, 0.15) is 18.1 Å². The number of rotatable bonds is 14. The van der Waals surface area contributed by atoms with E-state index in [1.165, 1.54) is 24.3 Å². The van der Waals surface area contributed by atoms with E-state index in [1.807, 2.05) is 0 Å². The molecular formula is C28H31ClN6O7S. The number of pyridine rings is 1. The number of anilines is 1. The van der Waals surface area contributed by atoms with Crippen LogP contribution < -0.4 is 25.4 Å². The van der Waals surface area contributed by atoms with Crippen molar-refractivity contribution in [2.75, 3.05) is 30.3 Å². The third kappa shape index (κ3) is 9.97. The number of carbonyl (C=O) groups is 3. The third-order valence-corrected chi connectivity index (χ3v) is 7.14. The maximum absolute atomic E-state index is 13.2. The van der Waals surface area contributed by atoms with Crippen molar-refractivity contribution in [3.8, 4) is 5.75 Å². The number of ether oxygens (including phenoxy) is 2. The molecule has 0 spiro atoms. The molecule has 5 N–H and O–H groups in total. The van der Waals surface area contributed by atoms with E-state index in [1.54, 1.807) is 43.5 Å². The zero-order valence-electron chi connectivity index (χ0n) is 23.4. The van der Waals surface area contributed by atoms with Crippen molar-refractivity contribution in [2.45, 2.75) is 20.0 Å². The third-order valence-electron chi connectivity index (χ3n) is 5.78. The summed E-state index contributed by atoms with van der Waals surface area (Å²) < 4.78 is 36.7. The number of aromatic nitrogens is 1. The number of nitrogens with one attached hydrogen (secondary N) is 3. The number of hydrogen-bond donors (Lipinski definition) is 4. The van der Waals surface area contributed by atoms with Gasteiger partial charge in [0.2, 0.25) is 10.0 Å². The minimum Gasteiger partial charge on any atom is -0.483 e. The first kappa shape index (κ1) is 32.8. The molecule has 2 aromatic carbocycles. The van der Waals surface area contributed by atoms with Crippen molar-refractivity contribution < 1.29 is 32.3 Å². The highest BCUT2D eigenvalue weighted by Gasteiger charge is 2.21. The first-order valence-electron chi connectivity index (χ1n) is 12.9. The maximum Gasteiger partial charge on any atom is 0.325 e. The van der Waals surface area contributed by atoms with Crippen LogP contribution in [0.25, 0.3) is 0 Å². The van der Waals surface area contributed by atoms with E-state index >= 15 is 0 Å². The van der Waals surface area contributed by atoms with E-state index in [0.29, 0.717) is 16.8 Å². The smallest absolute Gasteiger partial charge is 0.325 e. The Morgan fingerprint density at radius 1 is 1.07 bits per heavy atom. The van der Waals surface area contributed by atoms with Crippen molar-refractivity contribution in [2.24, 2.45) is 5.73 Å². The SMILES string of the molecule is CCOC(=O)CNC(=O)COc1cc(C(=N)N)ccc1CNC(=O)c1cc(Cl)cc(N(Cc2ccccn2)S(C)(=O)=O)c1. The van der Waals surface area contributed by atoms with Gasteiger partial charge < -0.3 is 25.8 Å². The van der Waals surface area contributed by atoms with Crippen LogP contribution in [0.1, 0.15) is 34.1 Å². The topological polar surface area (TPSA) is 194 Å². The van der Waals surface area contributed by atoms with Crippen molar-refractivity contribution in [1.29, 1.82) is 5.41 Å². The number of nitrogens with zero attached hydrogens (tertiary/aromatic N) is 2. The Kier molecular flexibility index (Phi) is 11.4. The van der Waals surface area contributed by atoms with Gasteiger partial charge in [0.15, 0.2) is 6.61 Å². The molecule has 15 heteroatoms. The van der Waals surface area contributed by atoms with Gasteiger partial charge in [-0.3, -0.25) is 29.1 Å². The lowest BCUT2D eigenvalue weighted by molar-refractivity contribution is -0.143. The number of nitrogen functional groups attached to an aromatic ring is 1. The Morgan fingerprint density at radius 2 is 1.84 bits per heavy atom. The number of sulfonamides is 1. The summed E-state index contributed by atoms with van der Waals surface area (Å²) in [7, 11) is -3.77. The zero-order valence-corrected chi connectivity index (χ0v) is 25.0. The number of carbonyl (C=O) groups excluding carboxylic acids is 3. The molecule has 0 fully saturated rings.